The summed E-state index contributed by atoms with van der Waals surface area (Å²) in [7, 11) is 0. The highest BCUT2D eigenvalue weighted by atomic mass is 16.6. The van der Waals surface area contributed by atoms with Crippen molar-refractivity contribution in [1.82, 2.24) is 0 Å². The summed E-state index contributed by atoms with van der Waals surface area (Å²) in [5, 5.41) is 0. The van der Waals surface area contributed by atoms with Gasteiger partial charge in [0, 0.05) is 12.8 Å². The summed E-state index contributed by atoms with van der Waals surface area (Å²) in [6.45, 7) is 6.06. The summed E-state index contributed by atoms with van der Waals surface area (Å²) in [5.41, 5.74) is 0. The minimum Gasteiger partial charge on any atom is -0.462 e. The van der Waals surface area contributed by atoms with Crippen molar-refractivity contribution in [1.29, 1.82) is 0 Å². The number of unbranched alkanes of at least 4 members (excludes halogenated alkanes) is 7. The van der Waals surface area contributed by atoms with Gasteiger partial charge in [-0.2, -0.15) is 0 Å². The third-order valence-electron chi connectivity index (χ3n) is 7.82. The van der Waals surface area contributed by atoms with Crippen molar-refractivity contribution in [3.8, 4) is 0 Å². The summed E-state index contributed by atoms with van der Waals surface area (Å²) in [5.74, 6) is -1.15. The fourth-order valence-corrected chi connectivity index (χ4v) is 4.82. The van der Waals surface area contributed by atoms with Crippen LogP contribution in [0.15, 0.2) is 122 Å². The van der Waals surface area contributed by atoms with Gasteiger partial charge in [-0.15, -0.1) is 0 Å². The number of hydrogen-bond acceptors (Lipinski definition) is 6. The number of esters is 3. The summed E-state index contributed by atoms with van der Waals surface area (Å²) >= 11 is 0. The van der Waals surface area contributed by atoms with Crippen LogP contribution in [-0.2, 0) is 28.6 Å². The van der Waals surface area contributed by atoms with E-state index in [-0.39, 0.29) is 38.0 Å². The van der Waals surface area contributed by atoms with E-state index in [0.717, 1.165) is 96.3 Å². The number of carbonyl (C=O) groups excluding carboxylic acids is 3. The average Bonchev–Trinajstić information content (AvgIpc) is 3.17. The molecule has 6 heteroatoms. The lowest BCUT2D eigenvalue weighted by molar-refractivity contribution is -0.166. The Morgan fingerprint density at radius 1 is 0.407 bits per heavy atom. The normalized spacial score (nSPS) is 13.3. The van der Waals surface area contributed by atoms with Crippen molar-refractivity contribution in [2.45, 2.75) is 149 Å². The van der Waals surface area contributed by atoms with E-state index in [9.17, 15) is 14.4 Å². The fourth-order valence-electron chi connectivity index (χ4n) is 4.82. The van der Waals surface area contributed by atoms with Gasteiger partial charge in [0.25, 0.3) is 0 Å². The molecule has 0 spiro atoms. The standard InChI is InChI=1S/C48H72O6/c1-4-7-10-13-16-19-21-23-25-26-29-32-35-38-41-47(50)53-44-45(43-52-46(49)40-37-34-31-28-18-15-12-9-6-3)54-48(51)42-39-36-33-30-27-24-22-20-17-14-11-8-5-2/h7-12,14,16-20,22-25,27-28,34,37,45H,4-6,13,15,21,26,29-33,35-36,38-44H2,1-3H3/b10-7-,11-8-,12-9-,17-14-,19-16-,22-20-,25-23-,27-24-,28-18-,37-34-. The highest BCUT2D eigenvalue weighted by molar-refractivity contribution is 5.72. The Hall–Kier alpha value is -4.19. The molecule has 1 unspecified atom stereocenters. The lowest BCUT2D eigenvalue weighted by Gasteiger charge is -2.18. The molecule has 6 nitrogen and oxygen atoms in total. The van der Waals surface area contributed by atoms with Crippen LogP contribution in [0, 0.1) is 0 Å². The number of allylic oxidation sites excluding steroid dienone is 19. The number of ether oxygens (including phenoxy) is 3. The fraction of sp³-hybridized carbons (Fsp3) is 0.521. The molecule has 54 heavy (non-hydrogen) atoms. The van der Waals surface area contributed by atoms with E-state index >= 15 is 0 Å². The second kappa shape index (κ2) is 41.6. The Bertz CT molecular complexity index is 1220. The molecule has 0 amide bonds. The first kappa shape index (κ1) is 49.8. The average molecular weight is 745 g/mol. The van der Waals surface area contributed by atoms with E-state index in [1.165, 1.54) is 0 Å². The first-order valence-corrected chi connectivity index (χ1v) is 20.6. The molecule has 0 fully saturated rings. The highest BCUT2D eigenvalue weighted by Gasteiger charge is 2.19. The molecule has 1 atom stereocenters. The molecule has 0 aliphatic rings. The first-order valence-electron chi connectivity index (χ1n) is 20.6. The van der Waals surface area contributed by atoms with Gasteiger partial charge in [-0.3, -0.25) is 14.4 Å². The minimum absolute atomic E-state index is 0.116. The van der Waals surface area contributed by atoms with Gasteiger partial charge in [-0.25, -0.2) is 0 Å². The van der Waals surface area contributed by atoms with Gasteiger partial charge in [-0.1, -0.05) is 162 Å². The molecule has 300 valence electrons. The lowest BCUT2D eigenvalue weighted by atomic mass is 10.1. The third kappa shape index (κ3) is 39.0. The molecule has 0 bridgehead atoms. The van der Waals surface area contributed by atoms with Crippen molar-refractivity contribution in [2.24, 2.45) is 0 Å². The maximum absolute atomic E-state index is 12.6. The van der Waals surface area contributed by atoms with Crippen LogP contribution in [0.1, 0.15) is 143 Å². The molecule has 0 saturated heterocycles. The van der Waals surface area contributed by atoms with Crippen molar-refractivity contribution >= 4 is 17.9 Å². The zero-order valence-corrected chi connectivity index (χ0v) is 33.9. The molecule has 0 aliphatic heterocycles. The van der Waals surface area contributed by atoms with Gasteiger partial charge in [0.1, 0.15) is 13.2 Å². The predicted octanol–water partition coefficient (Wildman–Crippen LogP) is 13.0. The van der Waals surface area contributed by atoms with Crippen LogP contribution in [0.25, 0.3) is 0 Å². The topological polar surface area (TPSA) is 78.9 Å². The molecule has 0 heterocycles. The smallest absolute Gasteiger partial charge is 0.309 e. The van der Waals surface area contributed by atoms with Crippen LogP contribution in [0.5, 0.6) is 0 Å². The van der Waals surface area contributed by atoms with Crippen molar-refractivity contribution in [3.05, 3.63) is 122 Å². The number of hydrogen-bond donors (Lipinski definition) is 0. The Balaban J connectivity index is 4.59. The van der Waals surface area contributed by atoms with Crippen LogP contribution in [0.4, 0.5) is 0 Å². The van der Waals surface area contributed by atoms with E-state index < -0.39 is 12.1 Å². The molecule has 0 aromatic heterocycles. The largest absolute Gasteiger partial charge is 0.462 e. The quantitative estimate of drug-likeness (QED) is 0.0215. The van der Waals surface area contributed by atoms with Gasteiger partial charge in [0.2, 0.25) is 0 Å². The van der Waals surface area contributed by atoms with Crippen LogP contribution >= 0.6 is 0 Å². The van der Waals surface area contributed by atoms with Crippen LogP contribution in [-0.4, -0.2) is 37.2 Å². The summed E-state index contributed by atoms with van der Waals surface area (Å²) in [6.07, 6.45) is 56.5. The number of rotatable bonds is 34. The Kier molecular flexibility index (Phi) is 38.3. The van der Waals surface area contributed by atoms with Crippen molar-refractivity contribution < 1.29 is 28.6 Å². The van der Waals surface area contributed by atoms with E-state index in [1.54, 1.807) is 6.08 Å². The van der Waals surface area contributed by atoms with Gasteiger partial charge in [0.15, 0.2) is 6.10 Å². The zero-order chi connectivity index (χ0) is 39.4. The SMILES string of the molecule is CC\C=C/C=C\C=C/C=C\CCCCCC(=O)OC(COC(=O)C/C=C\C/C=C\C/C=C\CC)COC(=O)CCCCCC/C=C\C/C=C\C/C=C\CC. The molecule has 0 radical (unpaired) electrons. The third-order valence-corrected chi connectivity index (χ3v) is 7.82. The molecule has 0 aliphatic carbocycles. The summed E-state index contributed by atoms with van der Waals surface area (Å²) < 4.78 is 16.5. The van der Waals surface area contributed by atoms with E-state index in [0.29, 0.717) is 12.8 Å². The van der Waals surface area contributed by atoms with Crippen molar-refractivity contribution in [3.63, 3.8) is 0 Å². The maximum atomic E-state index is 12.6. The Morgan fingerprint density at radius 3 is 1.43 bits per heavy atom. The second-order valence-corrected chi connectivity index (χ2v) is 12.9. The van der Waals surface area contributed by atoms with E-state index in [1.807, 2.05) is 42.5 Å². The second-order valence-electron chi connectivity index (χ2n) is 12.9. The maximum Gasteiger partial charge on any atom is 0.309 e. The Labute approximate surface area is 329 Å². The molecule has 0 saturated carbocycles. The molecule has 0 N–H and O–H groups in total. The van der Waals surface area contributed by atoms with E-state index in [2.05, 4.69) is 93.7 Å². The molecule has 0 aromatic rings. The zero-order valence-electron chi connectivity index (χ0n) is 33.9. The molecular formula is C48H72O6. The van der Waals surface area contributed by atoms with Crippen LogP contribution in [0.2, 0.25) is 0 Å². The summed E-state index contributed by atoms with van der Waals surface area (Å²) in [4.78, 5) is 37.5. The highest BCUT2D eigenvalue weighted by Crippen LogP contribution is 2.10. The van der Waals surface area contributed by atoms with E-state index in [4.69, 9.17) is 14.2 Å². The lowest BCUT2D eigenvalue weighted by Crippen LogP contribution is -2.30. The predicted molar refractivity (Wildman–Crippen MR) is 228 cm³/mol. The molecule has 0 rings (SSSR count). The van der Waals surface area contributed by atoms with Gasteiger partial charge in [0.05, 0.1) is 6.42 Å². The van der Waals surface area contributed by atoms with Gasteiger partial charge < -0.3 is 14.2 Å². The molecule has 0 aromatic carbocycles. The summed E-state index contributed by atoms with van der Waals surface area (Å²) in [6, 6.07) is 0. The van der Waals surface area contributed by atoms with Gasteiger partial charge >= 0.3 is 17.9 Å². The van der Waals surface area contributed by atoms with Crippen LogP contribution < -0.4 is 0 Å². The minimum atomic E-state index is -0.843. The first-order chi connectivity index (χ1) is 26.5. The van der Waals surface area contributed by atoms with Gasteiger partial charge in [-0.05, 0) is 83.5 Å². The number of carbonyl (C=O) groups is 3. The monoisotopic (exact) mass is 745 g/mol. The Morgan fingerprint density at radius 2 is 0.833 bits per heavy atom. The van der Waals surface area contributed by atoms with Crippen molar-refractivity contribution in [2.75, 3.05) is 13.2 Å². The molecular weight excluding hydrogens is 673 g/mol. The van der Waals surface area contributed by atoms with Crippen LogP contribution in [0.3, 0.4) is 0 Å².